The molecule has 2 atom stereocenters. The number of carbonyl (C=O) groups is 3. The molecule has 1 N–H and O–H groups in total. The molecule has 0 spiro atoms. The lowest BCUT2D eigenvalue weighted by molar-refractivity contribution is -0.122. The fourth-order valence-electron chi connectivity index (χ4n) is 2.87. The van der Waals surface area contributed by atoms with Crippen molar-refractivity contribution in [2.45, 2.75) is 12.8 Å². The highest BCUT2D eigenvalue weighted by Crippen LogP contribution is 2.38. The summed E-state index contributed by atoms with van der Waals surface area (Å²) in [6.07, 6.45) is 4.96. The lowest BCUT2D eigenvalue weighted by Gasteiger charge is -2.15. The molecule has 0 radical (unpaired) electrons. The van der Waals surface area contributed by atoms with Gasteiger partial charge in [0, 0.05) is 4.47 Å². The smallest absolute Gasteiger partial charge is 0.336 e. The van der Waals surface area contributed by atoms with Gasteiger partial charge in [-0.2, -0.15) is 0 Å². The van der Waals surface area contributed by atoms with Crippen LogP contribution in [0.2, 0.25) is 0 Å². The first-order valence-corrected chi connectivity index (χ1v) is 7.35. The number of nitrogens with zero attached hydrogens (tertiary/aromatic N) is 1. The van der Waals surface area contributed by atoms with Crippen molar-refractivity contribution in [1.29, 1.82) is 0 Å². The second kappa shape index (κ2) is 5.11. The maximum atomic E-state index is 12.4. The molecule has 0 saturated carbocycles. The summed E-state index contributed by atoms with van der Waals surface area (Å²) in [4.78, 5) is 37.2. The largest absolute Gasteiger partial charge is 0.478 e. The van der Waals surface area contributed by atoms with E-state index in [1.54, 1.807) is 12.1 Å². The summed E-state index contributed by atoms with van der Waals surface area (Å²) in [5, 5.41) is 9.14. The van der Waals surface area contributed by atoms with Crippen LogP contribution in [0.5, 0.6) is 0 Å². The van der Waals surface area contributed by atoms with Crippen LogP contribution in [-0.2, 0) is 9.59 Å². The SMILES string of the molecule is O=C(O)c1cc(N2C(=O)C3CC=CCC3C2=O)ccc1Br. The zero-order chi connectivity index (χ0) is 15.1. The molecule has 2 unspecified atom stereocenters. The summed E-state index contributed by atoms with van der Waals surface area (Å²) in [6, 6.07) is 4.48. The van der Waals surface area contributed by atoms with E-state index < -0.39 is 5.97 Å². The monoisotopic (exact) mass is 349 g/mol. The third-order valence-corrected chi connectivity index (χ3v) is 4.64. The molecule has 0 bridgehead atoms. The Hall–Kier alpha value is -1.95. The number of anilines is 1. The predicted molar refractivity (Wildman–Crippen MR) is 78.9 cm³/mol. The Bertz CT molecular complexity index is 656. The lowest BCUT2D eigenvalue weighted by Crippen LogP contribution is -2.31. The van der Waals surface area contributed by atoms with E-state index in [4.69, 9.17) is 5.11 Å². The predicted octanol–water partition coefficient (Wildman–Crippen LogP) is 2.60. The van der Waals surface area contributed by atoms with Crippen LogP contribution in [0.4, 0.5) is 5.69 Å². The van der Waals surface area contributed by atoms with Crippen LogP contribution in [0.15, 0.2) is 34.8 Å². The van der Waals surface area contributed by atoms with Gasteiger partial charge in [0.05, 0.1) is 23.1 Å². The number of carbonyl (C=O) groups excluding carboxylic acids is 2. The third-order valence-electron chi connectivity index (χ3n) is 3.95. The van der Waals surface area contributed by atoms with Crippen LogP contribution < -0.4 is 4.90 Å². The highest BCUT2D eigenvalue weighted by Gasteiger charge is 2.47. The molecule has 1 fully saturated rings. The molecule has 2 amide bonds. The number of aromatic carboxylic acids is 1. The summed E-state index contributed by atoms with van der Waals surface area (Å²) in [6.45, 7) is 0. The van der Waals surface area contributed by atoms with Gasteiger partial charge < -0.3 is 5.11 Å². The number of benzene rings is 1. The zero-order valence-electron chi connectivity index (χ0n) is 11.0. The lowest BCUT2D eigenvalue weighted by atomic mass is 9.85. The van der Waals surface area contributed by atoms with Gasteiger partial charge in [-0.1, -0.05) is 12.2 Å². The number of allylic oxidation sites excluding steroid dienone is 2. The Morgan fingerprint density at radius 3 is 2.24 bits per heavy atom. The quantitative estimate of drug-likeness (QED) is 0.657. The normalized spacial score (nSPS) is 24.3. The number of fused-ring (bicyclic) bond motifs is 1. The summed E-state index contributed by atoms with van der Waals surface area (Å²) >= 11 is 3.15. The summed E-state index contributed by atoms with van der Waals surface area (Å²) in [5.41, 5.74) is 0.348. The minimum atomic E-state index is -1.11. The molecule has 5 nitrogen and oxygen atoms in total. The van der Waals surface area contributed by atoms with E-state index in [1.807, 2.05) is 12.2 Å². The summed E-state index contributed by atoms with van der Waals surface area (Å²) in [5.74, 6) is -2.23. The van der Waals surface area contributed by atoms with Crippen molar-refractivity contribution in [2.75, 3.05) is 4.90 Å². The van der Waals surface area contributed by atoms with Gasteiger partial charge in [-0.05, 0) is 47.0 Å². The number of amides is 2. The molecule has 1 saturated heterocycles. The average Bonchev–Trinajstić information content (AvgIpc) is 2.72. The summed E-state index contributed by atoms with van der Waals surface area (Å²) in [7, 11) is 0. The topological polar surface area (TPSA) is 74.7 Å². The fraction of sp³-hybridized carbons (Fsp3) is 0.267. The second-order valence-electron chi connectivity index (χ2n) is 5.14. The van der Waals surface area contributed by atoms with Crippen molar-refractivity contribution in [1.82, 2.24) is 0 Å². The first-order valence-electron chi connectivity index (χ1n) is 6.56. The van der Waals surface area contributed by atoms with E-state index >= 15 is 0 Å². The van der Waals surface area contributed by atoms with Crippen molar-refractivity contribution >= 4 is 39.4 Å². The first-order chi connectivity index (χ1) is 10.0. The van der Waals surface area contributed by atoms with E-state index in [0.29, 0.717) is 23.0 Å². The fourth-order valence-corrected chi connectivity index (χ4v) is 3.29. The molecule has 0 aromatic heterocycles. The van der Waals surface area contributed by atoms with Crippen molar-refractivity contribution in [3.8, 4) is 0 Å². The molecule has 3 rings (SSSR count). The first kappa shape index (κ1) is 14.0. The summed E-state index contributed by atoms with van der Waals surface area (Å²) < 4.78 is 0.414. The van der Waals surface area contributed by atoms with E-state index in [1.165, 1.54) is 6.07 Å². The number of hydrogen-bond acceptors (Lipinski definition) is 3. The molecule has 6 heteroatoms. The van der Waals surface area contributed by atoms with Crippen molar-refractivity contribution in [3.63, 3.8) is 0 Å². The minimum absolute atomic E-state index is 0.0288. The molecule has 1 aliphatic heterocycles. The van der Waals surface area contributed by atoms with E-state index in [9.17, 15) is 14.4 Å². The number of halogens is 1. The molecule has 2 aliphatic rings. The minimum Gasteiger partial charge on any atom is -0.478 e. The van der Waals surface area contributed by atoms with Gasteiger partial charge in [0.1, 0.15) is 0 Å². The van der Waals surface area contributed by atoms with Gasteiger partial charge >= 0.3 is 5.97 Å². The number of carboxylic acids is 1. The maximum Gasteiger partial charge on any atom is 0.336 e. The number of carboxylic acid groups (broad SMARTS) is 1. The van der Waals surface area contributed by atoms with Gasteiger partial charge in [0.25, 0.3) is 0 Å². The molecular formula is C15H12BrNO4. The molecule has 1 aromatic carbocycles. The molecule has 108 valence electrons. The number of imide groups is 1. The van der Waals surface area contributed by atoms with E-state index in [2.05, 4.69) is 15.9 Å². The Morgan fingerprint density at radius 1 is 1.14 bits per heavy atom. The zero-order valence-corrected chi connectivity index (χ0v) is 12.5. The standard InChI is InChI=1S/C15H12BrNO4/c16-12-6-5-8(7-11(12)15(20)21)17-13(18)9-3-1-2-4-10(9)14(17)19/h1-2,5-7,9-10H,3-4H2,(H,20,21). The Balaban J connectivity index is 2.01. The third kappa shape index (κ3) is 2.19. The average molecular weight is 350 g/mol. The molecule has 21 heavy (non-hydrogen) atoms. The van der Waals surface area contributed by atoms with Gasteiger partial charge in [0.15, 0.2) is 0 Å². The highest BCUT2D eigenvalue weighted by atomic mass is 79.9. The van der Waals surface area contributed by atoms with E-state index in [0.717, 1.165) is 4.90 Å². The number of rotatable bonds is 2. The number of hydrogen-bond donors (Lipinski definition) is 1. The molecule has 1 aromatic rings. The van der Waals surface area contributed by atoms with Crippen LogP contribution in [-0.4, -0.2) is 22.9 Å². The molecule has 1 heterocycles. The van der Waals surface area contributed by atoms with Gasteiger partial charge in [-0.15, -0.1) is 0 Å². The Kier molecular flexibility index (Phi) is 3.41. The maximum absolute atomic E-state index is 12.4. The van der Waals surface area contributed by atoms with Crippen molar-refractivity contribution in [2.24, 2.45) is 11.8 Å². The Labute approximate surface area is 129 Å². The Morgan fingerprint density at radius 2 is 1.71 bits per heavy atom. The van der Waals surface area contributed by atoms with Crippen LogP contribution in [0.1, 0.15) is 23.2 Å². The van der Waals surface area contributed by atoms with Crippen molar-refractivity contribution < 1.29 is 19.5 Å². The van der Waals surface area contributed by atoms with Crippen LogP contribution in [0.3, 0.4) is 0 Å². The van der Waals surface area contributed by atoms with Crippen LogP contribution in [0, 0.1) is 11.8 Å². The molecule has 1 aliphatic carbocycles. The highest BCUT2D eigenvalue weighted by molar-refractivity contribution is 9.10. The van der Waals surface area contributed by atoms with Crippen molar-refractivity contribution in [3.05, 3.63) is 40.4 Å². The second-order valence-corrected chi connectivity index (χ2v) is 5.99. The van der Waals surface area contributed by atoms with Gasteiger partial charge in [0.2, 0.25) is 11.8 Å². The van der Waals surface area contributed by atoms with Crippen LogP contribution >= 0.6 is 15.9 Å². The van der Waals surface area contributed by atoms with Gasteiger partial charge in [-0.3, -0.25) is 14.5 Å². The van der Waals surface area contributed by atoms with Crippen LogP contribution in [0.25, 0.3) is 0 Å². The van der Waals surface area contributed by atoms with E-state index in [-0.39, 0.29) is 29.2 Å². The molecular weight excluding hydrogens is 338 g/mol. The van der Waals surface area contributed by atoms with Gasteiger partial charge in [-0.25, -0.2) is 4.79 Å².